The van der Waals surface area contributed by atoms with E-state index in [1.54, 1.807) is 5.57 Å². The normalized spacial score (nSPS) is 50.8. The number of unbranched alkanes of at least 4 members (excludes halogenated alkanes) is 1. The highest BCUT2D eigenvalue weighted by Gasteiger charge is 2.71. The van der Waals surface area contributed by atoms with Gasteiger partial charge in [-0.15, -0.1) is 0 Å². The molecule has 4 nitrogen and oxygen atoms in total. The summed E-state index contributed by atoms with van der Waals surface area (Å²) in [6.45, 7) is 19.2. The van der Waals surface area contributed by atoms with Gasteiger partial charge in [0, 0.05) is 0 Å². The van der Waals surface area contributed by atoms with Gasteiger partial charge in [-0.05, 0) is 116 Å². The molecule has 5 aliphatic rings. The number of carbonyl (C=O) groups excluding carboxylic acids is 2. The first kappa shape index (κ1) is 28.9. The van der Waals surface area contributed by atoms with Crippen LogP contribution in [0.25, 0.3) is 0 Å². The Morgan fingerprint density at radius 3 is 2.44 bits per heavy atom. The van der Waals surface area contributed by atoms with Crippen LogP contribution in [-0.4, -0.2) is 18.4 Å². The van der Waals surface area contributed by atoms with Gasteiger partial charge in [0.25, 0.3) is 0 Å². The summed E-state index contributed by atoms with van der Waals surface area (Å²) in [5, 5.41) is 10.2. The van der Waals surface area contributed by atoms with Gasteiger partial charge in [-0.25, -0.2) is 0 Å². The standard InChI is InChI=1S/C35H53NO3/c1-9-10-19-39-30(38)35(8)27-14-16-34(7)26(32(27,5)20-24(21-36)29(35)37)12-11-25-28-23(3)22(2)13-15-31(28,4)17-18-33(25,34)6/h11,22-24,26-28H,9-10,12-20H2,1-8H3/t22-,23+,24?,26-,27-,28+,31-,32-,33-,34-,35-/m1/s1. The highest BCUT2D eigenvalue weighted by Crippen LogP contribution is 2.75. The van der Waals surface area contributed by atoms with E-state index in [9.17, 15) is 14.9 Å². The number of allylic oxidation sites excluding steroid dienone is 2. The van der Waals surface area contributed by atoms with Crippen molar-refractivity contribution >= 4 is 11.8 Å². The zero-order chi connectivity index (χ0) is 28.6. The molecule has 5 rings (SSSR count). The van der Waals surface area contributed by atoms with Crippen molar-refractivity contribution < 1.29 is 14.3 Å². The lowest BCUT2D eigenvalue weighted by atomic mass is 9.33. The second-order valence-corrected chi connectivity index (χ2v) is 15.7. The fourth-order valence-corrected chi connectivity index (χ4v) is 11.3. The van der Waals surface area contributed by atoms with Crippen molar-refractivity contribution in [3.63, 3.8) is 0 Å². The highest BCUT2D eigenvalue weighted by molar-refractivity contribution is 6.06. The SMILES string of the molecule is CCCCOC(=O)[C@@]1(C)C(=O)C(C#N)C[C@]2(C)[C@H]3CC=C4[C@@H]5[C@@H](C)[C@H](C)CC[C@]5(C)CC[C@@]4(C)[C@]3(C)CC[C@@H]12. The summed E-state index contributed by atoms with van der Waals surface area (Å²) in [6.07, 6.45) is 13.0. The third-order valence-corrected chi connectivity index (χ3v) is 14.1. The third-order valence-electron chi connectivity index (χ3n) is 14.1. The van der Waals surface area contributed by atoms with Crippen LogP contribution in [0.4, 0.5) is 0 Å². The molecular weight excluding hydrogens is 482 g/mol. The summed E-state index contributed by atoms with van der Waals surface area (Å²) in [4.78, 5) is 27.5. The maximum Gasteiger partial charge on any atom is 0.319 e. The molecule has 1 unspecified atom stereocenters. The van der Waals surface area contributed by atoms with E-state index in [4.69, 9.17) is 4.74 Å². The van der Waals surface area contributed by atoms with Crippen molar-refractivity contribution in [3.05, 3.63) is 11.6 Å². The van der Waals surface area contributed by atoms with Gasteiger partial charge in [-0.3, -0.25) is 9.59 Å². The Balaban J connectivity index is 1.57. The van der Waals surface area contributed by atoms with Gasteiger partial charge in [-0.2, -0.15) is 5.26 Å². The van der Waals surface area contributed by atoms with Crippen molar-refractivity contribution in [2.24, 2.45) is 62.6 Å². The Labute approximate surface area is 237 Å². The molecular formula is C35H53NO3. The number of hydrogen-bond donors (Lipinski definition) is 0. The van der Waals surface area contributed by atoms with Crippen molar-refractivity contribution in [2.45, 2.75) is 120 Å². The Kier molecular flexibility index (Phi) is 7.00. The summed E-state index contributed by atoms with van der Waals surface area (Å²) in [6, 6.07) is 2.34. The van der Waals surface area contributed by atoms with Gasteiger partial charge >= 0.3 is 5.97 Å². The van der Waals surface area contributed by atoms with Crippen molar-refractivity contribution in [1.29, 1.82) is 5.26 Å². The van der Waals surface area contributed by atoms with Gasteiger partial charge in [0.05, 0.1) is 12.7 Å². The maximum absolute atomic E-state index is 13.8. The zero-order valence-corrected chi connectivity index (χ0v) is 26.0. The lowest BCUT2D eigenvalue weighted by Gasteiger charge is -2.71. The van der Waals surface area contributed by atoms with Crippen LogP contribution in [-0.2, 0) is 14.3 Å². The van der Waals surface area contributed by atoms with E-state index in [2.05, 4.69) is 60.6 Å². The summed E-state index contributed by atoms with van der Waals surface area (Å²) in [5.41, 5.74) is 0.800. The molecule has 4 fully saturated rings. The Bertz CT molecular complexity index is 1100. The number of nitriles is 1. The average molecular weight is 536 g/mol. The van der Waals surface area contributed by atoms with E-state index in [1.165, 1.54) is 25.7 Å². The number of rotatable bonds is 4. The topological polar surface area (TPSA) is 67.2 Å². The summed E-state index contributed by atoms with van der Waals surface area (Å²) < 4.78 is 5.76. The van der Waals surface area contributed by atoms with Crippen LogP contribution in [0, 0.1) is 73.9 Å². The molecule has 0 N–H and O–H groups in total. The van der Waals surface area contributed by atoms with Gasteiger partial charge in [-0.1, -0.05) is 66.5 Å². The minimum atomic E-state index is -1.24. The molecule has 0 radical (unpaired) electrons. The molecule has 0 spiro atoms. The number of esters is 1. The number of fused-ring (bicyclic) bond motifs is 7. The molecule has 0 aromatic carbocycles. The molecule has 0 aromatic rings. The molecule has 0 aromatic heterocycles. The maximum atomic E-state index is 13.8. The molecule has 11 atom stereocenters. The Morgan fingerprint density at radius 2 is 1.77 bits per heavy atom. The molecule has 4 saturated carbocycles. The van der Waals surface area contributed by atoms with Crippen LogP contribution in [0.2, 0.25) is 0 Å². The number of ether oxygens (including phenoxy) is 1. The minimum Gasteiger partial charge on any atom is -0.465 e. The molecule has 39 heavy (non-hydrogen) atoms. The fourth-order valence-electron chi connectivity index (χ4n) is 11.3. The monoisotopic (exact) mass is 535 g/mol. The van der Waals surface area contributed by atoms with Gasteiger partial charge < -0.3 is 4.74 Å². The second-order valence-electron chi connectivity index (χ2n) is 15.7. The number of carbonyl (C=O) groups is 2. The van der Waals surface area contributed by atoms with Crippen molar-refractivity contribution in [1.82, 2.24) is 0 Å². The first-order chi connectivity index (χ1) is 18.2. The molecule has 5 aliphatic carbocycles. The average Bonchev–Trinajstić information content (AvgIpc) is 2.89. The van der Waals surface area contributed by atoms with Crippen molar-refractivity contribution in [3.8, 4) is 6.07 Å². The van der Waals surface area contributed by atoms with Gasteiger partial charge in [0.1, 0.15) is 11.3 Å². The zero-order valence-electron chi connectivity index (χ0n) is 26.0. The fraction of sp³-hybridized carbons (Fsp3) is 0.857. The summed E-state index contributed by atoms with van der Waals surface area (Å²) in [7, 11) is 0. The predicted octanol–water partition coefficient (Wildman–Crippen LogP) is 8.31. The number of ketones is 1. The van der Waals surface area contributed by atoms with Crippen LogP contribution in [0.5, 0.6) is 0 Å². The Hall–Kier alpha value is -1.63. The smallest absolute Gasteiger partial charge is 0.319 e. The summed E-state index contributed by atoms with van der Waals surface area (Å²) >= 11 is 0. The lowest BCUT2D eigenvalue weighted by molar-refractivity contribution is -0.203. The largest absolute Gasteiger partial charge is 0.465 e. The van der Waals surface area contributed by atoms with Crippen LogP contribution in [0.15, 0.2) is 11.6 Å². The third kappa shape index (κ3) is 3.73. The number of hydrogen-bond acceptors (Lipinski definition) is 4. The molecule has 0 heterocycles. The lowest BCUT2D eigenvalue weighted by Crippen LogP contribution is -2.67. The molecule has 0 amide bonds. The highest BCUT2D eigenvalue weighted by atomic mass is 16.5. The number of Topliss-reactive ketones (excluding diaryl/α,β-unsaturated/α-hetero) is 1. The number of nitrogens with zero attached hydrogens (tertiary/aromatic N) is 1. The first-order valence-corrected chi connectivity index (χ1v) is 16.1. The minimum absolute atomic E-state index is 0.0808. The summed E-state index contributed by atoms with van der Waals surface area (Å²) in [5.74, 6) is 1.00. The molecule has 4 heteroatoms. The van der Waals surface area contributed by atoms with E-state index < -0.39 is 17.3 Å². The predicted molar refractivity (Wildman–Crippen MR) is 154 cm³/mol. The molecule has 0 bridgehead atoms. The van der Waals surface area contributed by atoms with Crippen molar-refractivity contribution in [2.75, 3.05) is 6.61 Å². The molecule has 0 saturated heterocycles. The van der Waals surface area contributed by atoms with E-state index in [1.807, 2.05) is 6.92 Å². The first-order valence-electron chi connectivity index (χ1n) is 16.1. The van der Waals surface area contributed by atoms with Crippen LogP contribution in [0.1, 0.15) is 120 Å². The van der Waals surface area contributed by atoms with Gasteiger partial charge in [0.15, 0.2) is 5.78 Å². The second kappa shape index (κ2) is 9.46. The van der Waals surface area contributed by atoms with Gasteiger partial charge in [0.2, 0.25) is 0 Å². The van der Waals surface area contributed by atoms with E-state index in [0.717, 1.165) is 38.0 Å². The van der Waals surface area contributed by atoms with Crippen LogP contribution >= 0.6 is 0 Å². The quantitative estimate of drug-likeness (QED) is 0.157. The van der Waals surface area contributed by atoms with Crippen LogP contribution < -0.4 is 0 Å². The van der Waals surface area contributed by atoms with E-state index in [-0.39, 0.29) is 27.9 Å². The Morgan fingerprint density at radius 1 is 1.05 bits per heavy atom. The molecule has 216 valence electrons. The van der Waals surface area contributed by atoms with Crippen LogP contribution in [0.3, 0.4) is 0 Å². The molecule has 0 aliphatic heterocycles. The van der Waals surface area contributed by atoms with E-state index in [0.29, 0.717) is 36.2 Å². The van der Waals surface area contributed by atoms with E-state index >= 15 is 0 Å².